The van der Waals surface area contributed by atoms with Crippen molar-refractivity contribution < 1.29 is 4.79 Å². The van der Waals surface area contributed by atoms with Gasteiger partial charge in [-0.2, -0.15) is 0 Å². The standard InChI is InChI=1S/C13H20N2O/c1-2-8-15-9-7-14-13(15)12(16)10-11-5-3-4-6-11/h7,9,11H,2-6,8,10H2,1H3. The Balaban J connectivity index is 1.99. The number of hydrogen-bond acceptors (Lipinski definition) is 2. The number of ketones is 1. The first-order valence-corrected chi connectivity index (χ1v) is 6.35. The Morgan fingerprint density at radius 2 is 2.25 bits per heavy atom. The van der Waals surface area contributed by atoms with Crippen LogP contribution in [-0.2, 0) is 6.54 Å². The lowest BCUT2D eigenvalue weighted by atomic mass is 10.0. The highest BCUT2D eigenvalue weighted by molar-refractivity contribution is 5.92. The van der Waals surface area contributed by atoms with E-state index in [1.54, 1.807) is 6.20 Å². The molecule has 2 rings (SSSR count). The van der Waals surface area contributed by atoms with Crippen LogP contribution in [0.1, 0.15) is 56.1 Å². The van der Waals surface area contributed by atoms with E-state index in [4.69, 9.17) is 0 Å². The van der Waals surface area contributed by atoms with E-state index in [9.17, 15) is 4.79 Å². The molecule has 0 saturated heterocycles. The third-order valence-electron chi connectivity index (χ3n) is 3.38. The first-order chi connectivity index (χ1) is 7.81. The number of hydrogen-bond donors (Lipinski definition) is 0. The smallest absolute Gasteiger partial charge is 0.198 e. The highest BCUT2D eigenvalue weighted by Crippen LogP contribution is 2.28. The van der Waals surface area contributed by atoms with E-state index in [1.165, 1.54) is 25.7 Å². The number of imidazole rings is 1. The van der Waals surface area contributed by atoms with Crippen LogP contribution in [0.2, 0.25) is 0 Å². The van der Waals surface area contributed by atoms with Crippen molar-refractivity contribution in [2.45, 2.75) is 52.0 Å². The first-order valence-electron chi connectivity index (χ1n) is 6.35. The van der Waals surface area contributed by atoms with Gasteiger partial charge < -0.3 is 4.57 Å². The van der Waals surface area contributed by atoms with E-state index >= 15 is 0 Å². The molecular formula is C13H20N2O. The third kappa shape index (κ3) is 2.52. The summed E-state index contributed by atoms with van der Waals surface area (Å²) in [6, 6.07) is 0. The predicted octanol–water partition coefficient (Wildman–Crippen LogP) is 3.06. The van der Waals surface area contributed by atoms with Gasteiger partial charge in [0.2, 0.25) is 0 Å². The van der Waals surface area contributed by atoms with Gasteiger partial charge >= 0.3 is 0 Å². The van der Waals surface area contributed by atoms with Crippen LogP contribution in [0.25, 0.3) is 0 Å². The summed E-state index contributed by atoms with van der Waals surface area (Å²) in [7, 11) is 0. The number of Topliss-reactive ketones (excluding diaryl/α,β-unsaturated/α-hetero) is 1. The molecule has 3 nitrogen and oxygen atoms in total. The van der Waals surface area contributed by atoms with Gasteiger partial charge in [-0.25, -0.2) is 4.98 Å². The van der Waals surface area contributed by atoms with Crippen molar-refractivity contribution in [1.29, 1.82) is 0 Å². The van der Waals surface area contributed by atoms with Crippen molar-refractivity contribution in [3.8, 4) is 0 Å². The zero-order valence-corrected chi connectivity index (χ0v) is 9.98. The van der Waals surface area contributed by atoms with Gasteiger partial charge in [0, 0.05) is 25.4 Å². The zero-order chi connectivity index (χ0) is 11.4. The van der Waals surface area contributed by atoms with Crippen LogP contribution in [0.3, 0.4) is 0 Å². The second-order valence-corrected chi connectivity index (χ2v) is 4.72. The maximum atomic E-state index is 12.1. The fraction of sp³-hybridized carbons (Fsp3) is 0.692. The molecular weight excluding hydrogens is 200 g/mol. The van der Waals surface area contributed by atoms with E-state index in [2.05, 4.69) is 11.9 Å². The Morgan fingerprint density at radius 3 is 2.94 bits per heavy atom. The molecule has 0 unspecified atom stereocenters. The molecule has 1 aliphatic rings. The Kier molecular flexibility index (Phi) is 3.75. The Bertz CT molecular complexity index is 351. The summed E-state index contributed by atoms with van der Waals surface area (Å²) < 4.78 is 1.98. The summed E-state index contributed by atoms with van der Waals surface area (Å²) >= 11 is 0. The van der Waals surface area contributed by atoms with Crippen molar-refractivity contribution >= 4 is 5.78 Å². The van der Waals surface area contributed by atoms with E-state index in [-0.39, 0.29) is 5.78 Å². The molecule has 1 aromatic rings. The highest BCUT2D eigenvalue weighted by atomic mass is 16.1. The van der Waals surface area contributed by atoms with Gasteiger partial charge in [0.25, 0.3) is 0 Å². The van der Waals surface area contributed by atoms with Crippen LogP contribution < -0.4 is 0 Å². The maximum Gasteiger partial charge on any atom is 0.198 e. The number of nitrogens with zero attached hydrogens (tertiary/aromatic N) is 2. The molecule has 0 aliphatic heterocycles. The molecule has 1 heterocycles. The fourth-order valence-corrected chi connectivity index (χ4v) is 2.55. The van der Waals surface area contributed by atoms with Crippen LogP contribution in [0.5, 0.6) is 0 Å². The summed E-state index contributed by atoms with van der Waals surface area (Å²) in [5.74, 6) is 1.50. The average molecular weight is 220 g/mol. The Hall–Kier alpha value is -1.12. The molecule has 1 aromatic heterocycles. The van der Waals surface area contributed by atoms with E-state index in [0.29, 0.717) is 18.2 Å². The lowest BCUT2D eigenvalue weighted by Gasteiger charge is -2.09. The van der Waals surface area contributed by atoms with Crippen molar-refractivity contribution in [1.82, 2.24) is 9.55 Å². The fourth-order valence-electron chi connectivity index (χ4n) is 2.55. The van der Waals surface area contributed by atoms with Crippen molar-refractivity contribution in [2.24, 2.45) is 5.92 Å². The molecule has 0 N–H and O–H groups in total. The van der Waals surface area contributed by atoms with Crippen molar-refractivity contribution in [3.05, 3.63) is 18.2 Å². The van der Waals surface area contributed by atoms with Gasteiger partial charge in [-0.1, -0.05) is 32.6 Å². The number of aromatic nitrogens is 2. The number of rotatable bonds is 5. The molecule has 0 atom stereocenters. The lowest BCUT2D eigenvalue weighted by Crippen LogP contribution is -2.13. The van der Waals surface area contributed by atoms with E-state index < -0.39 is 0 Å². The van der Waals surface area contributed by atoms with Gasteiger partial charge in [-0.3, -0.25) is 4.79 Å². The second kappa shape index (κ2) is 5.28. The molecule has 3 heteroatoms. The largest absolute Gasteiger partial charge is 0.329 e. The second-order valence-electron chi connectivity index (χ2n) is 4.72. The molecule has 1 fully saturated rings. The van der Waals surface area contributed by atoms with E-state index in [1.807, 2.05) is 10.8 Å². The third-order valence-corrected chi connectivity index (χ3v) is 3.38. The average Bonchev–Trinajstić information content (AvgIpc) is 2.89. The molecule has 0 radical (unpaired) electrons. The highest BCUT2D eigenvalue weighted by Gasteiger charge is 2.21. The predicted molar refractivity (Wildman–Crippen MR) is 63.4 cm³/mol. The minimum absolute atomic E-state index is 0.227. The van der Waals surface area contributed by atoms with Crippen LogP contribution in [0.4, 0.5) is 0 Å². The Morgan fingerprint density at radius 1 is 1.50 bits per heavy atom. The number of carbonyl (C=O) groups excluding carboxylic acids is 1. The summed E-state index contributed by atoms with van der Waals surface area (Å²) in [5, 5.41) is 0. The zero-order valence-electron chi connectivity index (χ0n) is 9.98. The molecule has 0 spiro atoms. The molecule has 1 saturated carbocycles. The van der Waals surface area contributed by atoms with Crippen LogP contribution in [0.15, 0.2) is 12.4 Å². The normalized spacial score (nSPS) is 16.8. The summed E-state index contributed by atoms with van der Waals surface area (Å²) in [4.78, 5) is 16.3. The van der Waals surface area contributed by atoms with Crippen LogP contribution in [0, 0.1) is 5.92 Å². The van der Waals surface area contributed by atoms with Crippen LogP contribution in [-0.4, -0.2) is 15.3 Å². The van der Waals surface area contributed by atoms with Gasteiger partial charge in [0.05, 0.1) is 0 Å². The Labute approximate surface area is 96.9 Å². The molecule has 0 bridgehead atoms. The van der Waals surface area contributed by atoms with Gasteiger partial charge in [-0.15, -0.1) is 0 Å². The monoisotopic (exact) mass is 220 g/mol. The SMILES string of the molecule is CCCn1ccnc1C(=O)CC1CCCC1. The van der Waals surface area contributed by atoms with Gasteiger partial charge in [-0.05, 0) is 12.3 Å². The van der Waals surface area contributed by atoms with Crippen molar-refractivity contribution in [2.75, 3.05) is 0 Å². The number of carbonyl (C=O) groups is 1. The summed E-state index contributed by atoms with van der Waals surface area (Å²) in [5.41, 5.74) is 0. The van der Waals surface area contributed by atoms with E-state index in [0.717, 1.165) is 13.0 Å². The molecule has 0 aromatic carbocycles. The molecule has 88 valence electrons. The first kappa shape index (κ1) is 11.4. The molecule has 1 aliphatic carbocycles. The molecule has 16 heavy (non-hydrogen) atoms. The topological polar surface area (TPSA) is 34.9 Å². The quantitative estimate of drug-likeness (QED) is 0.715. The minimum atomic E-state index is 0.227. The van der Waals surface area contributed by atoms with Crippen LogP contribution >= 0.6 is 0 Å². The summed E-state index contributed by atoms with van der Waals surface area (Å²) in [6.07, 6.45) is 10.4. The van der Waals surface area contributed by atoms with Gasteiger partial charge in [0.15, 0.2) is 11.6 Å². The summed E-state index contributed by atoms with van der Waals surface area (Å²) in [6.45, 7) is 3.01. The van der Waals surface area contributed by atoms with Gasteiger partial charge in [0.1, 0.15) is 0 Å². The molecule has 0 amide bonds. The number of aryl methyl sites for hydroxylation is 1. The van der Waals surface area contributed by atoms with Crippen molar-refractivity contribution in [3.63, 3.8) is 0 Å². The maximum absolute atomic E-state index is 12.1. The lowest BCUT2D eigenvalue weighted by molar-refractivity contribution is 0.0947. The minimum Gasteiger partial charge on any atom is -0.329 e.